The van der Waals surface area contributed by atoms with E-state index in [9.17, 15) is 4.79 Å². The zero-order chi connectivity index (χ0) is 13.7. The van der Waals surface area contributed by atoms with E-state index in [2.05, 4.69) is 5.32 Å². The van der Waals surface area contributed by atoms with Crippen LogP contribution in [0.2, 0.25) is 0 Å². The molecule has 98 valence electrons. The number of anilines is 1. The molecule has 5 heteroatoms. The van der Waals surface area contributed by atoms with Crippen molar-refractivity contribution in [3.8, 4) is 0 Å². The van der Waals surface area contributed by atoms with Gasteiger partial charge in [0.25, 0.3) is 0 Å². The van der Waals surface area contributed by atoms with Gasteiger partial charge in [-0.3, -0.25) is 4.79 Å². The molecule has 1 heterocycles. The fourth-order valence-corrected chi connectivity index (χ4v) is 2.52. The van der Waals surface area contributed by atoms with E-state index in [4.69, 9.17) is 18.0 Å². The van der Waals surface area contributed by atoms with Gasteiger partial charge < -0.3 is 11.1 Å². The number of nitrogens with one attached hydrogen (secondary N) is 1. The summed E-state index contributed by atoms with van der Waals surface area (Å²) in [6.07, 6.45) is 0.520. The number of nitrogens with two attached hydrogens (primary N) is 1. The van der Waals surface area contributed by atoms with Crippen LogP contribution in [0.5, 0.6) is 0 Å². The second kappa shape index (κ2) is 6.45. The second-order valence-corrected chi connectivity index (χ2v) is 5.40. The van der Waals surface area contributed by atoms with Gasteiger partial charge in [0.2, 0.25) is 5.91 Å². The summed E-state index contributed by atoms with van der Waals surface area (Å²) in [5.41, 5.74) is 7.51. The standard InChI is InChI=1S/C14H14N2OS2/c15-13(18)12(8-10-4-2-1-3-5-10)14(17)16-11-6-7-19-9-11/h1-7,9,12H,8H2,(H2,15,18)(H,16,17). The van der Waals surface area contributed by atoms with E-state index in [-0.39, 0.29) is 10.9 Å². The van der Waals surface area contributed by atoms with E-state index in [0.717, 1.165) is 11.3 Å². The molecule has 0 aliphatic rings. The average Bonchev–Trinajstić information content (AvgIpc) is 2.89. The Morgan fingerprint density at radius 1 is 1.32 bits per heavy atom. The van der Waals surface area contributed by atoms with Gasteiger partial charge in [-0.05, 0) is 23.4 Å². The van der Waals surface area contributed by atoms with Crippen LogP contribution in [0.4, 0.5) is 5.69 Å². The molecule has 0 aliphatic carbocycles. The van der Waals surface area contributed by atoms with E-state index >= 15 is 0 Å². The molecule has 1 amide bonds. The maximum Gasteiger partial charge on any atom is 0.234 e. The molecule has 0 spiro atoms. The lowest BCUT2D eigenvalue weighted by Gasteiger charge is -2.15. The number of carbonyl (C=O) groups excluding carboxylic acids is 1. The largest absolute Gasteiger partial charge is 0.393 e. The average molecular weight is 290 g/mol. The molecular weight excluding hydrogens is 276 g/mol. The lowest BCUT2D eigenvalue weighted by atomic mass is 9.98. The number of hydrogen-bond acceptors (Lipinski definition) is 3. The van der Waals surface area contributed by atoms with Gasteiger partial charge in [-0.25, -0.2) is 0 Å². The molecule has 0 aliphatic heterocycles. The van der Waals surface area contributed by atoms with Gasteiger partial charge in [0, 0.05) is 5.38 Å². The summed E-state index contributed by atoms with van der Waals surface area (Å²) < 4.78 is 0. The van der Waals surface area contributed by atoms with Gasteiger partial charge in [0.15, 0.2) is 0 Å². The zero-order valence-electron chi connectivity index (χ0n) is 10.2. The Morgan fingerprint density at radius 2 is 2.05 bits per heavy atom. The summed E-state index contributed by atoms with van der Waals surface area (Å²) in [7, 11) is 0. The zero-order valence-corrected chi connectivity index (χ0v) is 11.8. The van der Waals surface area contributed by atoms with Crippen molar-refractivity contribution >= 4 is 40.1 Å². The number of thiophene rings is 1. The molecule has 0 radical (unpaired) electrons. The predicted octanol–water partition coefficient (Wildman–Crippen LogP) is 2.83. The lowest BCUT2D eigenvalue weighted by molar-refractivity contribution is -0.118. The topological polar surface area (TPSA) is 55.1 Å². The number of benzene rings is 1. The molecule has 2 rings (SSSR count). The minimum atomic E-state index is -0.489. The van der Waals surface area contributed by atoms with Crippen molar-refractivity contribution in [2.75, 3.05) is 5.32 Å². The third-order valence-corrected chi connectivity index (χ3v) is 3.70. The number of rotatable bonds is 5. The first-order valence-corrected chi connectivity index (χ1v) is 7.18. The van der Waals surface area contributed by atoms with E-state index in [1.165, 1.54) is 11.3 Å². The Hall–Kier alpha value is -1.72. The molecule has 0 fully saturated rings. The summed E-state index contributed by atoms with van der Waals surface area (Å²) >= 11 is 6.53. The van der Waals surface area contributed by atoms with E-state index in [0.29, 0.717) is 6.42 Å². The molecule has 0 bridgehead atoms. The Morgan fingerprint density at radius 3 is 2.63 bits per heavy atom. The highest BCUT2D eigenvalue weighted by molar-refractivity contribution is 7.80. The highest BCUT2D eigenvalue weighted by Crippen LogP contribution is 2.16. The molecule has 0 saturated heterocycles. The minimum absolute atomic E-state index is 0.158. The molecule has 3 nitrogen and oxygen atoms in total. The first-order chi connectivity index (χ1) is 9.16. The summed E-state index contributed by atoms with van der Waals surface area (Å²) in [6.45, 7) is 0. The minimum Gasteiger partial charge on any atom is -0.393 e. The van der Waals surface area contributed by atoms with Crippen molar-refractivity contribution in [1.29, 1.82) is 0 Å². The number of thiocarbonyl (C=S) groups is 1. The van der Waals surface area contributed by atoms with Gasteiger partial charge in [-0.1, -0.05) is 42.5 Å². The Labute approximate surface area is 121 Å². The molecule has 3 N–H and O–H groups in total. The fourth-order valence-electron chi connectivity index (χ4n) is 1.74. The summed E-state index contributed by atoms with van der Waals surface area (Å²) in [4.78, 5) is 12.4. The van der Waals surface area contributed by atoms with Crippen LogP contribution in [-0.4, -0.2) is 10.9 Å². The van der Waals surface area contributed by atoms with E-state index in [1.807, 2.05) is 47.2 Å². The molecule has 1 atom stereocenters. The van der Waals surface area contributed by atoms with E-state index in [1.54, 1.807) is 0 Å². The second-order valence-electron chi connectivity index (χ2n) is 4.15. The molecular formula is C14H14N2OS2. The van der Waals surface area contributed by atoms with Gasteiger partial charge in [0.1, 0.15) is 0 Å². The van der Waals surface area contributed by atoms with Gasteiger partial charge in [-0.2, -0.15) is 11.3 Å². The van der Waals surface area contributed by atoms with Crippen molar-refractivity contribution < 1.29 is 4.79 Å². The molecule has 1 unspecified atom stereocenters. The van der Waals surface area contributed by atoms with Crippen LogP contribution in [0.15, 0.2) is 47.2 Å². The fraction of sp³-hybridized carbons (Fsp3) is 0.143. The van der Waals surface area contributed by atoms with Crippen LogP contribution < -0.4 is 11.1 Å². The Balaban J connectivity index is 2.07. The van der Waals surface area contributed by atoms with Crippen molar-refractivity contribution in [3.05, 3.63) is 52.7 Å². The normalized spacial score (nSPS) is 11.8. The predicted molar refractivity (Wildman–Crippen MR) is 83.4 cm³/mol. The van der Waals surface area contributed by atoms with Crippen LogP contribution in [-0.2, 0) is 11.2 Å². The molecule has 19 heavy (non-hydrogen) atoms. The SMILES string of the molecule is NC(=S)C(Cc1ccccc1)C(=O)Nc1ccsc1. The maximum atomic E-state index is 12.2. The third kappa shape index (κ3) is 3.87. The summed E-state index contributed by atoms with van der Waals surface area (Å²) in [5.74, 6) is -0.646. The Kier molecular flexibility index (Phi) is 4.65. The summed E-state index contributed by atoms with van der Waals surface area (Å²) in [6, 6.07) is 11.6. The highest BCUT2D eigenvalue weighted by Gasteiger charge is 2.22. The first-order valence-electron chi connectivity index (χ1n) is 5.83. The monoisotopic (exact) mass is 290 g/mol. The van der Waals surface area contributed by atoms with Crippen LogP contribution in [0, 0.1) is 5.92 Å². The van der Waals surface area contributed by atoms with Crippen molar-refractivity contribution in [2.24, 2.45) is 11.7 Å². The number of carbonyl (C=O) groups is 1. The van der Waals surface area contributed by atoms with Gasteiger partial charge in [0.05, 0.1) is 16.6 Å². The van der Waals surface area contributed by atoms with Crippen LogP contribution in [0.25, 0.3) is 0 Å². The maximum absolute atomic E-state index is 12.2. The molecule has 0 saturated carbocycles. The van der Waals surface area contributed by atoms with Crippen LogP contribution >= 0.6 is 23.6 Å². The lowest BCUT2D eigenvalue weighted by Crippen LogP contribution is -2.34. The molecule has 2 aromatic rings. The van der Waals surface area contributed by atoms with Crippen molar-refractivity contribution in [2.45, 2.75) is 6.42 Å². The van der Waals surface area contributed by atoms with Crippen molar-refractivity contribution in [1.82, 2.24) is 0 Å². The van der Waals surface area contributed by atoms with Crippen LogP contribution in [0.1, 0.15) is 5.56 Å². The molecule has 1 aromatic heterocycles. The van der Waals surface area contributed by atoms with Gasteiger partial charge >= 0.3 is 0 Å². The van der Waals surface area contributed by atoms with Crippen molar-refractivity contribution in [3.63, 3.8) is 0 Å². The molecule has 1 aromatic carbocycles. The number of hydrogen-bond donors (Lipinski definition) is 2. The first kappa shape index (κ1) is 13.7. The Bertz CT molecular complexity index is 552. The number of amides is 1. The summed E-state index contributed by atoms with van der Waals surface area (Å²) in [5, 5.41) is 6.60. The quantitative estimate of drug-likeness (QED) is 0.833. The third-order valence-electron chi connectivity index (χ3n) is 2.73. The van der Waals surface area contributed by atoms with Crippen LogP contribution in [0.3, 0.4) is 0 Å². The smallest absolute Gasteiger partial charge is 0.234 e. The van der Waals surface area contributed by atoms with E-state index < -0.39 is 5.92 Å². The van der Waals surface area contributed by atoms with Gasteiger partial charge in [-0.15, -0.1) is 0 Å². The highest BCUT2D eigenvalue weighted by atomic mass is 32.1.